The van der Waals surface area contributed by atoms with Crippen LogP contribution in [0, 0.1) is 0 Å². The Morgan fingerprint density at radius 1 is 1.04 bits per heavy atom. The van der Waals surface area contributed by atoms with E-state index in [1.54, 1.807) is 19.5 Å². The lowest BCUT2D eigenvalue weighted by Crippen LogP contribution is -2.23. The molecular formula is C19H19N5O2. The van der Waals surface area contributed by atoms with Crippen LogP contribution >= 0.6 is 0 Å². The van der Waals surface area contributed by atoms with Crippen LogP contribution in [0.3, 0.4) is 0 Å². The minimum atomic E-state index is -0.239. The lowest BCUT2D eigenvalue weighted by Gasteiger charge is -2.09. The van der Waals surface area contributed by atoms with Crippen molar-refractivity contribution in [3.05, 3.63) is 77.9 Å². The van der Waals surface area contributed by atoms with Crippen LogP contribution in [-0.2, 0) is 13.1 Å². The molecule has 0 fully saturated rings. The lowest BCUT2D eigenvalue weighted by molar-refractivity contribution is 0.0950. The monoisotopic (exact) mass is 349 g/mol. The average Bonchev–Trinajstić information content (AvgIpc) is 2.72. The summed E-state index contributed by atoms with van der Waals surface area (Å²) < 4.78 is 5.27. The van der Waals surface area contributed by atoms with Crippen molar-refractivity contribution in [1.29, 1.82) is 0 Å². The van der Waals surface area contributed by atoms with Gasteiger partial charge in [0.15, 0.2) is 0 Å². The van der Waals surface area contributed by atoms with Gasteiger partial charge in [0, 0.05) is 43.4 Å². The predicted molar refractivity (Wildman–Crippen MR) is 97.8 cm³/mol. The van der Waals surface area contributed by atoms with Crippen molar-refractivity contribution in [1.82, 2.24) is 20.3 Å². The summed E-state index contributed by atoms with van der Waals surface area (Å²) >= 11 is 0. The van der Waals surface area contributed by atoms with Gasteiger partial charge < -0.3 is 15.4 Å². The van der Waals surface area contributed by atoms with Crippen LogP contribution < -0.4 is 15.4 Å². The number of benzene rings is 1. The molecule has 0 aliphatic carbocycles. The molecule has 26 heavy (non-hydrogen) atoms. The minimum Gasteiger partial charge on any atom is -0.496 e. The largest absolute Gasteiger partial charge is 0.496 e. The number of carbonyl (C=O) groups is 1. The van der Waals surface area contributed by atoms with Gasteiger partial charge in [-0.1, -0.05) is 18.2 Å². The normalized spacial score (nSPS) is 10.2. The number of methoxy groups -OCH3 is 1. The maximum absolute atomic E-state index is 12.2. The molecule has 2 aromatic heterocycles. The third-order valence-corrected chi connectivity index (χ3v) is 3.75. The van der Waals surface area contributed by atoms with Crippen molar-refractivity contribution in [3.8, 4) is 5.75 Å². The maximum atomic E-state index is 12.2. The molecule has 0 radical (unpaired) electrons. The maximum Gasteiger partial charge on any atom is 0.254 e. The summed E-state index contributed by atoms with van der Waals surface area (Å²) in [5.41, 5.74) is 2.37. The highest BCUT2D eigenvalue weighted by Gasteiger charge is 2.09. The standard InChI is InChI=1S/C19H19N5O2/c1-26-17-5-3-2-4-15(17)11-21-18(25)16-12-23-19(24-13-16)22-10-14-6-8-20-9-7-14/h2-9,12-13H,10-11H2,1H3,(H,21,25)(H,22,23,24). The third kappa shape index (κ3) is 4.54. The molecule has 1 amide bonds. The summed E-state index contributed by atoms with van der Waals surface area (Å²) in [6.45, 7) is 0.951. The van der Waals surface area contributed by atoms with E-state index in [1.165, 1.54) is 12.4 Å². The van der Waals surface area contributed by atoms with Crippen LogP contribution in [0.5, 0.6) is 5.75 Å². The number of amides is 1. The number of nitrogens with one attached hydrogen (secondary N) is 2. The Morgan fingerprint density at radius 2 is 1.77 bits per heavy atom. The molecule has 0 unspecified atom stereocenters. The van der Waals surface area contributed by atoms with Gasteiger partial charge in [-0.15, -0.1) is 0 Å². The molecule has 132 valence electrons. The third-order valence-electron chi connectivity index (χ3n) is 3.75. The van der Waals surface area contributed by atoms with Crippen LogP contribution in [-0.4, -0.2) is 28.0 Å². The fourth-order valence-corrected chi connectivity index (χ4v) is 2.34. The van der Waals surface area contributed by atoms with E-state index < -0.39 is 0 Å². The fourth-order valence-electron chi connectivity index (χ4n) is 2.34. The molecule has 7 heteroatoms. The van der Waals surface area contributed by atoms with Crippen LogP contribution in [0.1, 0.15) is 21.5 Å². The van der Waals surface area contributed by atoms with E-state index >= 15 is 0 Å². The molecule has 0 saturated carbocycles. The fraction of sp³-hybridized carbons (Fsp3) is 0.158. The first-order valence-corrected chi connectivity index (χ1v) is 8.11. The lowest BCUT2D eigenvalue weighted by atomic mass is 10.2. The molecule has 0 aliphatic rings. The van der Waals surface area contributed by atoms with Crippen molar-refractivity contribution in [3.63, 3.8) is 0 Å². The van der Waals surface area contributed by atoms with Crippen LogP contribution in [0.15, 0.2) is 61.2 Å². The number of para-hydroxylation sites is 1. The van der Waals surface area contributed by atoms with Gasteiger partial charge in [0.05, 0.1) is 12.7 Å². The van der Waals surface area contributed by atoms with E-state index in [1.807, 2.05) is 36.4 Å². The zero-order valence-corrected chi connectivity index (χ0v) is 14.3. The minimum absolute atomic E-state index is 0.239. The molecular weight excluding hydrogens is 330 g/mol. The molecule has 0 spiro atoms. The first kappa shape index (κ1) is 17.3. The van der Waals surface area contributed by atoms with Gasteiger partial charge in [0.2, 0.25) is 5.95 Å². The SMILES string of the molecule is COc1ccccc1CNC(=O)c1cnc(NCc2ccncc2)nc1. The molecule has 1 aromatic carbocycles. The Labute approximate surface area is 151 Å². The van der Waals surface area contributed by atoms with E-state index in [0.717, 1.165) is 16.9 Å². The molecule has 2 N–H and O–H groups in total. The summed E-state index contributed by atoms with van der Waals surface area (Å²) in [4.78, 5) is 24.6. The van der Waals surface area contributed by atoms with Crippen molar-refractivity contribution >= 4 is 11.9 Å². The second-order valence-electron chi connectivity index (χ2n) is 5.50. The topological polar surface area (TPSA) is 89.0 Å². The smallest absolute Gasteiger partial charge is 0.254 e. The van der Waals surface area contributed by atoms with Gasteiger partial charge >= 0.3 is 0 Å². The van der Waals surface area contributed by atoms with Crippen molar-refractivity contribution in [2.75, 3.05) is 12.4 Å². The highest BCUT2D eigenvalue weighted by Crippen LogP contribution is 2.16. The molecule has 3 aromatic rings. The number of nitrogens with zero attached hydrogens (tertiary/aromatic N) is 3. The highest BCUT2D eigenvalue weighted by atomic mass is 16.5. The number of carbonyl (C=O) groups excluding carboxylic acids is 1. The second kappa shape index (κ2) is 8.57. The molecule has 3 rings (SSSR count). The molecule has 0 bridgehead atoms. The molecule has 2 heterocycles. The number of ether oxygens (including phenoxy) is 1. The number of aromatic nitrogens is 3. The zero-order chi connectivity index (χ0) is 18.2. The first-order valence-electron chi connectivity index (χ1n) is 8.11. The molecule has 0 saturated heterocycles. The number of rotatable bonds is 7. The van der Waals surface area contributed by atoms with Gasteiger partial charge in [0.1, 0.15) is 5.75 Å². The molecule has 0 aliphatic heterocycles. The quantitative estimate of drug-likeness (QED) is 0.681. The van der Waals surface area contributed by atoms with E-state index in [-0.39, 0.29) is 5.91 Å². The van der Waals surface area contributed by atoms with Gasteiger partial charge in [-0.2, -0.15) is 0 Å². The molecule has 0 atom stereocenters. The van der Waals surface area contributed by atoms with E-state index in [2.05, 4.69) is 25.6 Å². The van der Waals surface area contributed by atoms with Gasteiger partial charge in [-0.25, -0.2) is 9.97 Å². The highest BCUT2D eigenvalue weighted by molar-refractivity contribution is 5.93. The Hall–Kier alpha value is -3.48. The van der Waals surface area contributed by atoms with E-state index in [9.17, 15) is 4.79 Å². The van der Waals surface area contributed by atoms with Crippen molar-refractivity contribution in [2.45, 2.75) is 13.1 Å². The first-order chi connectivity index (χ1) is 12.8. The van der Waals surface area contributed by atoms with Gasteiger partial charge in [0.25, 0.3) is 5.91 Å². The average molecular weight is 349 g/mol. The summed E-state index contributed by atoms with van der Waals surface area (Å²) in [5.74, 6) is 0.958. The summed E-state index contributed by atoms with van der Waals surface area (Å²) in [5, 5.41) is 5.94. The van der Waals surface area contributed by atoms with Crippen LogP contribution in [0.2, 0.25) is 0 Å². The Morgan fingerprint density at radius 3 is 2.50 bits per heavy atom. The van der Waals surface area contributed by atoms with Crippen LogP contribution in [0.4, 0.5) is 5.95 Å². The second-order valence-corrected chi connectivity index (χ2v) is 5.50. The Balaban J connectivity index is 1.55. The number of pyridine rings is 1. The number of hydrogen-bond acceptors (Lipinski definition) is 6. The van der Waals surface area contributed by atoms with Crippen molar-refractivity contribution in [2.24, 2.45) is 0 Å². The van der Waals surface area contributed by atoms with E-state index in [0.29, 0.717) is 24.6 Å². The summed E-state index contributed by atoms with van der Waals surface area (Å²) in [6, 6.07) is 11.4. The zero-order valence-electron chi connectivity index (χ0n) is 14.3. The van der Waals surface area contributed by atoms with Crippen LogP contribution in [0.25, 0.3) is 0 Å². The summed E-state index contributed by atoms with van der Waals surface area (Å²) in [6.07, 6.45) is 6.46. The van der Waals surface area contributed by atoms with Gasteiger partial charge in [-0.3, -0.25) is 9.78 Å². The molecule has 7 nitrogen and oxygen atoms in total. The number of anilines is 1. The Kier molecular flexibility index (Phi) is 5.72. The van der Waals surface area contributed by atoms with Crippen molar-refractivity contribution < 1.29 is 9.53 Å². The van der Waals surface area contributed by atoms with Gasteiger partial charge in [-0.05, 0) is 23.8 Å². The van der Waals surface area contributed by atoms with E-state index in [4.69, 9.17) is 4.74 Å². The number of hydrogen-bond donors (Lipinski definition) is 2. The predicted octanol–water partition coefficient (Wildman–Crippen LogP) is 2.42. The summed E-state index contributed by atoms with van der Waals surface area (Å²) in [7, 11) is 1.60. The Bertz CT molecular complexity index is 853.